The molecule has 60 valence electrons. The molecular weight excluding hydrogens is 144 g/mol. The lowest BCUT2D eigenvalue weighted by atomic mass is 10.1. The minimum atomic E-state index is -1.18. The summed E-state index contributed by atoms with van der Waals surface area (Å²) in [5.74, 6) is 1.68. The summed E-state index contributed by atoms with van der Waals surface area (Å²) in [5.41, 5.74) is 0. The van der Waals surface area contributed by atoms with Crippen molar-refractivity contribution in [2.45, 2.75) is 19.3 Å². The Hall–Kier alpha value is -0.990. The average molecular weight is 154 g/mol. The smallest absolute Gasteiger partial charge is 0.449 e. The summed E-state index contributed by atoms with van der Waals surface area (Å²) in [6.07, 6.45) is 4.19. The van der Waals surface area contributed by atoms with Gasteiger partial charge in [0.05, 0.1) is 0 Å². The summed E-state index contributed by atoms with van der Waals surface area (Å²) in [6, 6.07) is 0. The third-order valence-corrected chi connectivity index (χ3v) is 2.48. The molecule has 2 atom stereocenters. The van der Waals surface area contributed by atoms with Crippen LogP contribution in [0.25, 0.3) is 0 Å². The van der Waals surface area contributed by atoms with Gasteiger partial charge in [0.2, 0.25) is 0 Å². The second kappa shape index (κ2) is 2.26. The molecule has 11 heavy (non-hydrogen) atoms. The van der Waals surface area contributed by atoms with Crippen LogP contribution < -0.4 is 0 Å². The Morgan fingerprint density at radius 1 is 1.64 bits per heavy atom. The van der Waals surface area contributed by atoms with Gasteiger partial charge in [-0.2, -0.15) is 0 Å². The predicted molar refractivity (Wildman–Crippen MR) is 38.0 cm³/mol. The Bertz CT molecular complexity index is 219. The van der Waals surface area contributed by atoms with E-state index in [1.54, 1.807) is 0 Å². The van der Waals surface area contributed by atoms with E-state index in [0.717, 1.165) is 12.8 Å². The topological polar surface area (TPSA) is 46.5 Å². The van der Waals surface area contributed by atoms with Crippen LogP contribution in [0.2, 0.25) is 0 Å². The van der Waals surface area contributed by atoms with Crippen LogP contribution in [0.15, 0.2) is 11.8 Å². The predicted octanol–water partition coefficient (Wildman–Crippen LogP) is 1.99. The van der Waals surface area contributed by atoms with Crippen LogP contribution in [0.5, 0.6) is 0 Å². The van der Waals surface area contributed by atoms with Crippen LogP contribution in [0.1, 0.15) is 19.3 Å². The largest absolute Gasteiger partial charge is 0.511 e. The lowest BCUT2D eigenvalue weighted by Crippen LogP contribution is -2.06. The molecule has 2 aliphatic carbocycles. The molecule has 2 aliphatic rings. The molecule has 0 spiro atoms. The highest BCUT2D eigenvalue weighted by Gasteiger charge is 2.34. The van der Waals surface area contributed by atoms with Crippen molar-refractivity contribution >= 4 is 6.16 Å². The van der Waals surface area contributed by atoms with Crippen molar-refractivity contribution in [3.05, 3.63) is 11.8 Å². The molecule has 0 saturated heterocycles. The van der Waals surface area contributed by atoms with Crippen molar-refractivity contribution < 1.29 is 14.6 Å². The highest BCUT2D eigenvalue weighted by atomic mass is 16.7. The maximum Gasteiger partial charge on any atom is 0.511 e. The first-order valence-electron chi connectivity index (χ1n) is 3.88. The van der Waals surface area contributed by atoms with E-state index in [-0.39, 0.29) is 0 Å². The first-order chi connectivity index (χ1) is 5.25. The average Bonchev–Trinajstić information content (AvgIpc) is 2.45. The molecule has 2 rings (SSSR count). The fourth-order valence-electron chi connectivity index (χ4n) is 2.01. The van der Waals surface area contributed by atoms with Crippen molar-refractivity contribution in [1.29, 1.82) is 0 Å². The summed E-state index contributed by atoms with van der Waals surface area (Å²) < 4.78 is 4.62. The highest BCUT2D eigenvalue weighted by molar-refractivity contribution is 5.58. The number of hydrogen-bond donors (Lipinski definition) is 1. The standard InChI is InChI=1S/C8H10O3/c9-8(10)11-7-4-5-1-2-6(7)3-5/h4-6H,1-3H2,(H,9,10). The second-order valence-corrected chi connectivity index (χ2v) is 3.21. The number of carboxylic acid groups (broad SMARTS) is 1. The Labute approximate surface area is 64.7 Å². The molecule has 3 nitrogen and oxygen atoms in total. The monoisotopic (exact) mass is 154 g/mol. The SMILES string of the molecule is O=C(O)OC1=CC2CCC1C2. The number of ether oxygens (including phenoxy) is 1. The van der Waals surface area contributed by atoms with E-state index in [9.17, 15) is 4.79 Å². The molecule has 3 heteroatoms. The van der Waals surface area contributed by atoms with Gasteiger partial charge < -0.3 is 9.84 Å². The first kappa shape index (κ1) is 6.70. The molecule has 0 aromatic rings. The summed E-state index contributed by atoms with van der Waals surface area (Å²) in [5, 5.41) is 8.34. The molecule has 1 fully saturated rings. The van der Waals surface area contributed by atoms with Gasteiger partial charge in [-0.1, -0.05) is 0 Å². The molecule has 2 unspecified atom stereocenters. The number of allylic oxidation sites excluding steroid dienone is 2. The summed E-state index contributed by atoms with van der Waals surface area (Å²) >= 11 is 0. The van der Waals surface area contributed by atoms with Crippen LogP contribution in [-0.4, -0.2) is 11.3 Å². The maximum atomic E-state index is 10.2. The van der Waals surface area contributed by atoms with E-state index >= 15 is 0 Å². The lowest BCUT2D eigenvalue weighted by Gasteiger charge is -2.10. The van der Waals surface area contributed by atoms with Crippen molar-refractivity contribution in [3.8, 4) is 0 Å². The van der Waals surface area contributed by atoms with Gasteiger partial charge in [-0.05, 0) is 31.3 Å². The van der Waals surface area contributed by atoms with Crippen LogP contribution >= 0.6 is 0 Å². The van der Waals surface area contributed by atoms with Crippen molar-refractivity contribution in [3.63, 3.8) is 0 Å². The van der Waals surface area contributed by atoms with Gasteiger partial charge in [0.15, 0.2) is 0 Å². The molecule has 2 bridgehead atoms. The van der Waals surface area contributed by atoms with E-state index in [4.69, 9.17) is 5.11 Å². The maximum absolute atomic E-state index is 10.2. The fraction of sp³-hybridized carbons (Fsp3) is 0.625. The van der Waals surface area contributed by atoms with Gasteiger partial charge in [-0.15, -0.1) is 0 Å². The fourth-order valence-corrected chi connectivity index (χ4v) is 2.01. The molecule has 1 N–H and O–H groups in total. The Kier molecular flexibility index (Phi) is 1.37. The normalized spacial score (nSPS) is 33.6. The van der Waals surface area contributed by atoms with Crippen LogP contribution in [0.4, 0.5) is 4.79 Å². The Morgan fingerprint density at radius 2 is 2.45 bits per heavy atom. The molecule has 0 heterocycles. The van der Waals surface area contributed by atoms with Crippen LogP contribution in [0, 0.1) is 11.8 Å². The summed E-state index contributed by atoms with van der Waals surface area (Å²) in [6.45, 7) is 0. The van der Waals surface area contributed by atoms with Crippen molar-refractivity contribution in [1.82, 2.24) is 0 Å². The van der Waals surface area contributed by atoms with E-state index in [0.29, 0.717) is 17.6 Å². The number of hydrogen-bond acceptors (Lipinski definition) is 2. The van der Waals surface area contributed by atoms with Gasteiger partial charge in [0, 0.05) is 5.92 Å². The van der Waals surface area contributed by atoms with Crippen LogP contribution in [0.3, 0.4) is 0 Å². The summed E-state index contributed by atoms with van der Waals surface area (Å²) in [4.78, 5) is 10.2. The third-order valence-electron chi connectivity index (χ3n) is 2.48. The molecule has 1 saturated carbocycles. The Morgan fingerprint density at radius 3 is 2.91 bits per heavy atom. The van der Waals surface area contributed by atoms with Crippen LogP contribution in [-0.2, 0) is 4.74 Å². The lowest BCUT2D eigenvalue weighted by molar-refractivity contribution is 0.110. The first-order valence-corrected chi connectivity index (χ1v) is 3.88. The number of rotatable bonds is 1. The van der Waals surface area contributed by atoms with Gasteiger partial charge >= 0.3 is 6.16 Å². The van der Waals surface area contributed by atoms with Gasteiger partial charge in [0.1, 0.15) is 5.76 Å². The molecule has 0 aromatic carbocycles. The minimum Gasteiger partial charge on any atom is -0.449 e. The molecule has 0 aliphatic heterocycles. The number of carbonyl (C=O) groups is 1. The van der Waals surface area contributed by atoms with Gasteiger partial charge in [0.25, 0.3) is 0 Å². The molecular formula is C8H10O3. The van der Waals surface area contributed by atoms with E-state index in [1.165, 1.54) is 6.42 Å². The third kappa shape index (κ3) is 1.11. The zero-order chi connectivity index (χ0) is 7.84. The van der Waals surface area contributed by atoms with E-state index < -0.39 is 6.16 Å². The molecule has 0 radical (unpaired) electrons. The van der Waals surface area contributed by atoms with Crippen molar-refractivity contribution in [2.75, 3.05) is 0 Å². The van der Waals surface area contributed by atoms with Crippen molar-refractivity contribution in [2.24, 2.45) is 11.8 Å². The highest BCUT2D eigenvalue weighted by Crippen LogP contribution is 2.43. The van der Waals surface area contributed by atoms with E-state index in [2.05, 4.69) is 4.74 Å². The minimum absolute atomic E-state index is 0.399. The molecule has 0 amide bonds. The summed E-state index contributed by atoms with van der Waals surface area (Å²) in [7, 11) is 0. The number of fused-ring (bicyclic) bond motifs is 2. The zero-order valence-electron chi connectivity index (χ0n) is 6.12. The molecule has 0 aromatic heterocycles. The quantitative estimate of drug-likeness (QED) is 0.587. The Balaban J connectivity index is 2.05. The second-order valence-electron chi connectivity index (χ2n) is 3.21. The van der Waals surface area contributed by atoms with Gasteiger partial charge in [-0.25, -0.2) is 4.79 Å². The van der Waals surface area contributed by atoms with E-state index in [1.807, 2.05) is 6.08 Å². The zero-order valence-corrected chi connectivity index (χ0v) is 6.12. The van der Waals surface area contributed by atoms with Gasteiger partial charge in [-0.3, -0.25) is 0 Å².